The largest absolute Gasteiger partial charge is 0.397 e. The highest BCUT2D eigenvalue weighted by Crippen LogP contribution is 2.28. The third kappa shape index (κ3) is 2.72. The van der Waals surface area contributed by atoms with E-state index in [-0.39, 0.29) is 11.9 Å². The molecule has 88 valence electrons. The van der Waals surface area contributed by atoms with Gasteiger partial charge in [0.25, 0.3) is 5.91 Å². The average Bonchev–Trinajstić information content (AvgIpc) is 3.14. The van der Waals surface area contributed by atoms with Crippen molar-refractivity contribution in [2.24, 2.45) is 0 Å². The van der Waals surface area contributed by atoms with Crippen LogP contribution in [0.5, 0.6) is 0 Å². The van der Waals surface area contributed by atoms with Crippen LogP contribution in [0.3, 0.4) is 0 Å². The van der Waals surface area contributed by atoms with Crippen molar-refractivity contribution in [1.82, 2.24) is 9.88 Å². The quantitative estimate of drug-likeness (QED) is 0.841. The summed E-state index contributed by atoms with van der Waals surface area (Å²) in [5, 5.41) is 8.59. The van der Waals surface area contributed by atoms with Crippen LogP contribution in [-0.2, 0) is 0 Å². The third-order valence-electron chi connectivity index (χ3n) is 2.72. The van der Waals surface area contributed by atoms with E-state index in [1.165, 1.54) is 6.20 Å². The van der Waals surface area contributed by atoms with Crippen LogP contribution in [0.1, 0.15) is 29.8 Å². The van der Waals surface area contributed by atoms with Gasteiger partial charge in [-0.1, -0.05) is 0 Å². The molecule has 17 heavy (non-hydrogen) atoms. The van der Waals surface area contributed by atoms with Crippen LogP contribution < -0.4 is 5.73 Å². The first-order valence-corrected chi connectivity index (χ1v) is 5.62. The van der Waals surface area contributed by atoms with Gasteiger partial charge in [0.15, 0.2) is 0 Å². The molecular formula is C12H14N4O. The molecule has 2 N–H and O–H groups in total. The van der Waals surface area contributed by atoms with Gasteiger partial charge in [0, 0.05) is 12.6 Å². The molecule has 0 atom stereocenters. The number of nitriles is 1. The fourth-order valence-electron chi connectivity index (χ4n) is 1.69. The highest BCUT2D eigenvalue weighted by molar-refractivity contribution is 5.92. The molecule has 0 unspecified atom stereocenters. The van der Waals surface area contributed by atoms with Gasteiger partial charge in [0.05, 0.1) is 24.4 Å². The number of carbonyl (C=O) groups is 1. The lowest BCUT2D eigenvalue weighted by Crippen LogP contribution is -2.34. The van der Waals surface area contributed by atoms with Gasteiger partial charge >= 0.3 is 0 Å². The van der Waals surface area contributed by atoms with E-state index in [2.05, 4.69) is 11.1 Å². The molecule has 0 aliphatic heterocycles. The van der Waals surface area contributed by atoms with Gasteiger partial charge in [-0.05, 0) is 25.0 Å². The molecule has 0 aromatic carbocycles. The van der Waals surface area contributed by atoms with Crippen molar-refractivity contribution in [2.75, 3.05) is 12.3 Å². The number of nitrogens with zero attached hydrogens (tertiary/aromatic N) is 3. The van der Waals surface area contributed by atoms with E-state index in [4.69, 9.17) is 11.0 Å². The molecule has 5 nitrogen and oxygen atoms in total. The van der Waals surface area contributed by atoms with Gasteiger partial charge in [-0.2, -0.15) is 5.26 Å². The Morgan fingerprint density at radius 1 is 1.59 bits per heavy atom. The number of rotatable bonds is 4. The van der Waals surface area contributed by atoms with E-state index < -0.39 is 0 Å². The molecule has 1 fully saturated rings. The zero-order valence-electron chi connectivity index (χ0n) is 9.47. The summed E-state index contributed by atoms with van der Waals surface area (Å²) in [5.41, 5.74) is 6.46. The Hall–Kier alpha value is -2.09. The summed E-state index contributed by atoms with van der Waals surface area (Å²) in [5.74, 6) is -0.109. The SMILES string of the molecule is N#CCCN(C(=O)c1ccc(N)cn1)C1CC1. The molecule has 1 aliphatic rings. The first kappa shape index (κ1) is 11.4. The lowest BCUT2D eigenvalue weighted by atomic mass is 10.2. The maximum absolute atomic E-state index is 12.2. The van der Waals surface area contributed by atoms with Crippen LogP contribution >= 0.6 is 0 Å². The fraction of sp³-hybridized carbons (Fsp3) is 0.417. The Balaban J connectivity index is 2.10. The number of amides is 1. The van der Waals surface area contributed by atoms with E-state index >= 15 is 0 Å². The summed E-state index contributed by atoms with van der Waals surface area (Å²) in [6.07, 6.45) is 3.87. The van der Waals surface area contributed by atoms with Crippen LogP contribution in [0.2, 0.25) is 0 Å². The smallest absolute Gasteiger partial charge is 0.272 e. The summed E-state index contributed by atoms with van der Waals surface area (Å²) in [4.78, 5) is 17.9. The zero-order valence-corrected chi connectivity index (χ0v) is 9.47. The van der Waals surface area contributed by atoms with Gasteiger partial charge in [-0.25, -0.2) is 4.98 Å². The first-order chi connectivity index (χ1) is 8.22. The van der Waals surface area contributed by atoms with Crippen molar-refractivity contribution in [3.63, 3.8) is 0 Å². The zero-order chi connectivity index (χ0) is 12.3. The topological polar surface area (TPSA) is 83.0 Å². The number of hydrogen-bond acceptors (Lipinski definition) is 4. The average molecular weight is 230 g/mol. The Bertz CT molecular complexity index is 445. The summed E-state index contributed by atoms with van der Waals surface area (Å²) in [6, 6.07) is 5.64. The summed E-state index contributed by atoms with van der Waals surface area (Å²) in [7, 11) is 0. The minimum absolute atomic E-state index is 0.109. The van der Waals surface area contributed by atoms with Crippen LogP contribution in [0.4, 0.5) is 5.69 Å². The molecule has 0 bridgehead atoms. The lowest BCUT2D eigenvalue weighted by molar-refractivity contribution is 0.0741. The summed E-state index contributed by atoms with van der Waals surface area (Å²) >= 11 is 0. The van der Waals surface area contributed by atoms with Gasteiger partial charge < -0.3 is 10.6 Å². The van der Waals surface area contributed by atoms with Gasteiger partial charge in [0.1, 0.15) is 5.69 Å². The maximum atomic E-state index is 12.2. The van der Waals surface area contributed by atoms with Crippen LogP contribution in [0.15, 0.2) is 18.3 Å². The first-order valence-electron chi connectivity index (χ1n) is 5.62. The Kier molecular flexibility index (Phi) is 3.24. The van der Waals surface area contributed by atoms with Crippen molar-refractivity contribution in [3.05, 3.63) is 24.0 Å². The Morgan fingerprint density at radius 2 is 2.35 bits per heavy atom. The van der Waals surface area contributed by atoms with Crippen molar-refractivity contribution >= 4 is 11.6 Å². The number of pyridine rings is 1. The Morgan fingerprint density at radius 3 is 2.88 bits per heavy atom. The van der Waals surface area contributed by atoms with Crippen LogP contribution in [-0.4, -0.2) is 28.4 Å². The molecule has 1 aromatic heterocycles. The van der Waals surface area contributed by atoms with Crippen molar-refractivity contribution in [1.29, 1.82) is 5.26 Å². The normalized spacial score (nSPS) is 14.1. The number of aromatic nitrogens is 1. The molecule has 1 heterocycles. The second-order valence-corrected chi connectivity index (χ2v) is 4.11. The predicted octanol–water partition coefficient (Wildman–Crippen LogP) is 1.18. The van der Waals surface area contributed by atoms with Gasteiger partial charge in [-0.15, -0.1) is 0 Å². The molecule has 1 aliphatic carbocycles. The van der Waals surface area contributed by atoms with Crippen molar-refractivity contribution in [2.45, 2.75) is 25.3 Å². The lowest BCUT2D eigenvalue weighted by Gasteiger charge is -2.20. The van der Waals surface area contributed by atoms with E-state index in [0.29, 0.717) is 24.3 Å². The molecule has 0 spiro atoms. The van der Waals surface area contributed by atoms with Crippen LogP contribution in [0.25, 0.3) is 0 Å². The Labute approximate surface area is 99.9 Å². The monoisotopic (exact) mass is 230 g/mol. The van der Waals surface area contributed by atoms with Gasteiger partial charge in [-0.3, -0.25) is 4.79 Å². The number of carbonyl (C=O) groups excluding carboxylic acids is 1. The molecule has 5 heteroatoms. The molecule has 1 amide bonds. The summed E-state index contributed by atoms with van der Waals surface area (Å²) in [6.45, 7) is 0.478. The number of hydrogen-bond donors (Lipinski definition) is 1. The number of anilines is 1. The van der Waals surface area contributed by atoms with E-state index in [9.17, 15) is 4.79 Å². The second-order valence-electron chi connectivity index (χ2n) is 4.11. The maximum Gasteiger partial charge on any atom is 0.272 e. The molecule has 0 saturated heterocycles. The van der Waals surface area contributed by atoms with Crippen molar-refractivity contribution in [3.8, 4) is 6.07 Å². The third-order valence-corrected chi connectivity index (χ3v) is 2.72. The molecule has 0 radical (unpaired) electrons. The summed E-state index contributed by atoms with van der Waals surface area (Å²) < 4.78 is 0. The fourth-order valence-corrected chi connectivity index (χ4v) is 1.69. The molecule has 1 saturated carbocycles. The molecule has 1 aromatic rings. The number of nitrogen functional groups attached to an aromatic ring is 1. The second kappa shape index (κ2) is 4.83. The highest BCUT2D eigenvalue weighted by Gasteiger charge is 2.33. The van der Waals surface area contributed by atoms with E-state index in [0.717, 1.165) is 12.8 Å². The minimum Gasteiger partial charge on any atom is -0.397 e. The van der Waals surface area contributed by atoms with Crippen LogP contribution in [0, 0.1) is 11.3 Å². The highest BCUT2D eigenvalue weighted by atomic mass is 16.2. The van der Waals surface area contributed by atoms with E-state index in [1.54, 1.807) is 17.0 Å². The van der Waals surface area contributed by atoms with Gasteiger partial charge in [0.2, 0.25) is 0 Å². The van der Waals surface area contributed by atoms with Crippen molar-refractivity contribution < 1.29 is 4.79 Å². The molecule has 2 rings (SSSR count). The predicted molar refractivity (Wildman–Crippen MR) is 62.9 cm³/mol. The van der Waals surface area contributed by atoms with E-state index in [1.807, 2.05) is 0 Å². The molecular weight excluding hydrogens is 216 g/mol. The number of nitrogens with two attached hydrogens (primary N) is 1. The standard InChI is InChI=1S/C12H14N4O/c13-6-1-7-16(10-3-4-10)12(17)11-5-2-9(14)8-15-11/h2,5,8,10H,1,3-4,7,14H2. The minimum atomic E-state index is -0.109.